The first-order chi connectivity index (χ1) is 10.1. The van der Waals surface area contributed by atoms with Crippen LogP contribution in [-0.4, -0.2) is 11.1 Å². The normalized spacial score (nSPS) is 11.9. The van der Waals surface area contributed by atoms with E-state index in [1.807, 2.05) is 54.6 Å². The molecule has 0 amide bonds. The second kappa shape index (κ2) is 7.70. The van der Waals surface area contributed by atoms with Gasteiger partial charge in [-0.15, -0.1) is 0 Å². The summed E-state index contributed by atoms with van der Waals surface area (Å²) in [4.78, 5) is 10.7. The average Bonchev–Trinajstić information content (AvgIpc) is 2.48. The summed E-state index contributed by atoms with van der Waals surface area (Å²) < 4.78 is 0. The Morgan fingerprint density at radius 3 is 2.38 bits per heavy atom. The molecular weight excluding hydrogens is 286 g/mol. The fourth-order valence-corrected chi connectivity index (χ4v) is 2.34. The van der Waals surface area contributed by atoms with Crippen LogP contribution in [0.25, 0.3) is 0 Å². The third-order valence-electron chi connectivity index (χ3n) is 3.27. The van der Waals surface area contributed by atoms with Crippen molar-refractivity contribution in [3.63, 3.8) is 0 Å². The van der Waals surface area contributed by atoms with Crippen LogP contribution < -0.4 is 5.32 Å². The summed E-state index contributed by atoms with van der Waals surface area (Å²) in [7, 11) is 0. The first-order valence-corrected chi connectivity index (χ1v) is 7.32. The molecule has 21 heavy (non-hydrogen) atoms. The minimum Gasteiger partial charge on any atom is -0.481 e. The highest BCUT2D eigenvalue weighted by atomic mass is 35.5. The van der Waals surface area contributed by atoms with Gasteiger partial charge in [-0.05, 0) is 42.7 Å². The molecule has 2 aromatic carbocycles. The maximum Gasteiger partial charge on any atom is 0.303 e. The molecule has 0 saturated carbocycles. The third-order valence-corrected chi connectivity index (χ3v) is 3.52. The van der Waals surface area contributed by atoms with Gasteiger partial charge in [0.2, 0.25) is 0 Å². The second-order valence-corrected chi connectivity index (χ2v) is 5.34. The van der Waals surface area contributed by atoms with E-state index in [0.717, 1.165) is 17.7 Å². The highest BCUT2D eigenvalue weighted by Crippen LogP contribution is 2.25. The van der Waals surface area contributed by atoms with E-state index >= 15 is 0 Å². The number of hydrogen-bond donors (Lipinski definition) is 2. The third kappa shape index (κ3) is 5.12. The van der Waals surface area contributed by atoms with E-state index < -0.39 is 5.97 Å². The number of benzene rings is 2. The largest absolute Gasteiger partial charge is 0.481 e. The molecule has 2 rings (SSSR count). The molecule has 2 N–H and O–H groups in total. The van der Waals surface area contributed by atoms with E-state index in [9.17, 15) is 4.79 Å². The molecule has 0 radical (unpaired) electrons. The zero-order valence-corrected chi connectivity index (χ0v) is 12.4. The van der Waals surface area contributed by atoms with Gasteiger partial charge in [-0.1, -0.05) is 41.9 Å². The molecule has 0 aliphatic heterocycles. The highest BCUT2D eigenvalue weighted by molar-refractivity contribution is 6.30. The molecule has 2 aromatic rings. The summed E-state index contributed by atoms with van der Waals surface area (Å²) in [6.45, 7) is 0. The van der Waals surface area contributed by atoms with E-state index in [4.69, 9.17) is 16.7 Å². The Balaban J connectivity index is 2.09. The Morgan fingerprint density at radius 2 is 1.76 bits per heavy atom. The van der Waals surface area contributed by atoms with Crippen molar-refractivity contribution in [1.82, 2.24) is 0 Å². The minimum atomic E-state index is -0.760. The smallest absolute Gasteiger partial charge is 0.303 e. The van der Waals surface area contributed by atoms with Gasteiger partial charge in [-0.3, -0.25) is 4.79 Å². The number of nitrogens with one attached hydrogen (secondary N) is 1. The molecule has 1 unspecified atom stereocenters. The van der Waals surface area contributed by atoms with E-state index in [-0.39, 0.29) is 12.5 Å². The summed E-state index contributed by atoms with van der Waals surface area (Å²) in [6.07, 6.45) is 1.56. The van der Waals surface area contributed by atoms with Crippen molar-refractivity contribution in [3.8, 4) is 0 Å². The molecule has 110 valence electrons. The highest BCUT2D eigenvalue weighted by Gasteiger charge is 2.12. The van der Waals surface area contributed by atoms with Gasteiger partial charge in [0.1, 0.15) is 0 Å². The first-order valence-electron chi connectivity index (χ1n) is 6.94. The molecule has 0 bridgehead atoms. The Bertz CT molecular complexity index is 569. The molecular formula is C17H18ClNO2. The van der Waals surface area contributed by atoms with Crippen LogP contribution in [0.2, 0.25) is 5.02 Å². The predicted octanol–water partition coefficient (Wildman–Crippen LogP) is 4.75. The van der Waals surface area contributed by atoms with E-state index in [1.54, 1.807) is 0 Å². The first kappa shape index (κ1) is 15.4. The SMILES string of the molecule is O=C(O)CCCC(Nc1ccccc1)c1ccc(Cl)cc1. The minimum absolute atomic E-state index is 0.0732. The van der Waals surface area contributed by atoms with Gasteiger partial charge in [0, 0.05) is 17.1 Å². The fourth-order valence-electron chi connectivity index (χ4n) is 2.21. The number of aliphatic carboxylic acids is 1. The molecule has 0 aliphatic carbocycles. The molecule has 0 aliphatic rings. The van der Waals surface area contributed by atoms with E-state index in [0.29, 0.717) is 11.4 Å². The Labute approximate surface area is 129 Å². The van der Waals surface area contributed by atoms with Crippen molar-refractivity contribution in [3.05, 3.63) is 65.2 Å². The summed E-state index contributed by atoms with van der Waals surface area (Å²) >= 11 is 5.92. The molecule has 4 heteroatoms. The quantitative estimate of drug-likeness (QED) is 0.776. The lowest BCUT2D eigenvalue weighted by atomic mass is 10.0. The van der Waals surface area contributed by atoms with Gasteiger partial charge in [0.05, 0.1) is 6.04 Å². The molecule has 3 nitrogen and oxygen atoms in total. The number of para-hydroxylation sites is 1. The summed E-state index contributed by atoms with van der Waals surface area (Å²) in [5, 5.41) is 12.9. The topological polar surface area (TPSA) is 49.3 Å². The molecule has 0 aromatic heterocycles. The lowest BCUT2D eigenvalue weighted by molar-refractivity contribution is -0.137. The van der Waals surface area contributed by atoms with Gasteiger partial charge < -0.3 is 10.4 Å². The number of anilines is 1. The number of halogens is 1. The molecule has 0 saturated heterocycles. The van der Waals surface area contributed by atoms with Crippen molar-refractivity contribution < 1.29 is 9.90 Å². The number of rotatable bonds is 7. The van der Waals surface area contributed by atoms with E-state index in [1.165, 1.54) is 0 Å². The van der Waals surface area contributed by atoms with Crippen LogP contribution in [0.1, 0.15) is 30.9 Å². The monoisotopic (exact) mass is 303 g/mol. The lowest BCUT2D eigenvalue weighted by Gasteiger charge is -2.20. The van der Waals surface area contributed by atoms with Crippen molar-refractivity contribution in [2.75, 3.05) is 5.32 Å². The number of carboxylic acid groups (broad SMARTS) is 1. The summed E-state index contributed by atoms with van der Waals surface area (Å²) in [5.41, 5.74) is 2.13. The maximum atomic E-state index is 10.7. The van der Waals surface area contributed by atoms with Gasteiger partial charge in [-0.25, -0.2) is 0 Å². The maximum absolute atomic E-state index is 10.7. The number of hydrogen-bond acceptors (Lipinski definition) is 2. The van der Waals surface area contributed by atoms with Crippen LogP contribution in [0, 0.1) is 0 Å². The van der Waals surface area contributed by atoms with Gasteiger partial charge in [0.15, 0.2) is 0 Å². The second-order valence-electron chi connectivity index (χ2n) is 4.90. The Kier molecular flexibility index (Phi) is 5.64. The van der Waals surface area contributed by atoms with E-state index in [2.05, 4.69) is 5.32 Å². The van der Waals surface area contributed by atoms with Gasteiger partial charge in [-0.2, -0.15) is 0 Å². The summed E-state index contributed by atoms with van der Waals surface area (Å²) in [6, 6.07) is 17.6. The summed E-state index contributed by atoms with van der Waals surface area (Å²) in [5.74, 6) is -0.760. The zero-order chi connectivity index (χ0) is 15.1. The van der Waals surface area contributed by atoms with Crippen LogP contribution in [-0.2, 0) is 4.79 Å². The van der Waals surface area contributed by atoms with Crippen molar-refractivity contribution in [1.29, 1.82) is 0 Å². The number of carboxylic acids is 1. The van der Waals surface area contributed by atoms with Crippen LogP contribution in [0.5, 0.6) is 0 Å². The predicted molar refractivity (Wildman–Crippen MR) is 85.7 cm³/mol. The van der Waals surface area contributed by atoms with Crippen LogP contribution in [0.3, 0.4) is 0 Å². The molecule has 1 atom stereocenters. The van der Waals surface area contributed by atoms with Crippen molar-refractivity contribution in [2.45, 2.75) is 25.3 Å². The van der Waals surface area contributed by atoms with Gasteiger partial charge in [0.25, 0.3) is 0 Å². The fraction of sp³-hybridized carbons (Fsp3) is 0.235. The molecule has 0 heterocycles. The Hall–Kier alpha value is -2.00. The van der Waals surface area contributed by atoms with Crippen molar-refractivity contribution >= 4 is 23.3 Å². The lowest BCUT2D eigenvalue weighted by Crippen LogP contribution is -2.11. The van der Waals surface area contributed by atoms with Crippen LogP contribution in [0.15, 0.2) is 54.6 Å². The average molecular weight is 304 g/mol. The Morgan fingerprint density at radius 1 is 1.10 bits per heavy atom. The van der Waals surface area contributed by atoms with Crippen LogP contribution >= 0.6 is 11.6 Å². The standard InChI is InChI=1S/C17H18ClNO2/c18-14-11-9-13(10-12-14)16(7-4-8-17(20)21)19-15-5-2-1-3-6-15/h1-3,5-6,9-12,16,19H,4,7-8H2,(H,20,21). The van der Waals surface area contributed by atoms with Gasteiger partial charge >= 0.3 is 5.97 Å². The van der Waals surface area contributed by atoms with Crippen LogP contribution in [0.4, 0.5) is 5.69 Å². The zero-order valence-electron chi connectivity index (χ0n) is 11.6. The molecule has 0 spiro atoms. The molecule has 0 fully saturated rings. The van der Waals surface area contributed by atoms with Crippen molar-refractivity contribution in [2.24, 2.45) is 0 Å². The number of carbonyl (C=O) groups is 1.